The van der Waals surface area contributed by atoms with Crippen LogP contribution < -0.4 is 11.1 Å². The van der Waals surface area contributed by atoms with Gasteiger partial charge in [-0.05, 0) is 150 Å². The average molecular weight is 997 g/mol. The van der Waals surface area contributed by atoms with Crippen LogP contribution in [0.1, 0.15) is 105 Å². The first-order valence-electron chi connectivity index (χ1n) is 21.2. The molecular formula is C50H41F13N2O5. The zero-order valence-electron chi connectivity index (χ0n) is 36.4. The number of alkyl halides is 12. The summed E-state index contributed by atoms with van der Waals surface area (Å²) in [5, 5.41) is 11.3. The smallest absolute Gasteiger partial charge is 0.416 e. The molecule has 70 heavy (non-hydrogen) atoms. The lowest BCUT2D eigenvalue weighted by Gasteiger charge is -2.26. The Balaban J connectivity index is 0.000000236. The van der Waals surface area contributed by atoms with E-state index in [9.17, 15) is 66.7 Å². The summed E-state index contributed by atoms with van der Waals surface area (Å²) in [6.45, 7) is -0.830. The minimum Gasteiger partial charge on any atom is -0.478 e. The van der Waals surface area contributed by atoms with E-state index in [4.69, 9.17) is 20.3 Å². The van der Waals surface area contributed by atoms with E-state index in [1.807, 2.05) is 6.07 Å². The van der Waals surface area contributed by atoms with Gasteiger partial charge in [-0.15, -0.1) is 0 Å². The Labute approximate surface area is 391 Å². The van der Waals surface area contributed by atoms with E-state index in [0.29, 0.717) is 67.5 Å². The molecule has 5 aromatic carbocycles. The molecule has 0 radical (unpaired) electrons. The highest BCUT2D eigenvalue weighted by atomic mass is 19.4. The normalized spacial score (nSPS) is 16.4. The third-order valence-electron chi connectivity index (χ3n) is 11.2. The number of amides is 1. The number of nitrogen functional groups attached to an aromatic ring is 1. The Kier molecular flexibility index (Phi) is 16.2. The summed E-state index contributed by atoms with van der Waals surface area (Å²) in [7, 11) is 0. The molecule has 7 nitrogen and oxygen atoms in total. The molecule has 2 aliphatic rings. The van der Waals surface area contributed by atoms with Gasteiger partial charge in [0.25, 0.3) is 0 Å². The molecule has 20 heteroatoms. The van der Waals surface area contributed by atoms with Crippen LogP contribution >= 0.6 is 0 Å². The number of nitrogens with two attached hydrogens (primary N) is 1. The number of halogens is 13. The number of hydrogen-bond acceptors (Lipinski definition) is 5. The minimum absolute atomic E-state index is 0.0799. The number of carboxylic acid groups (broad SMARTS) is 1. The van der Waals surface area contributed by atoms with Crippen LogP contribution in [0.5, 0.6) is 0 Å². The zero-order chi connectivity index (χ0) is 51.2. The van der Waals surface area contributed by atoms with Gasteiger partial charge in [0.15, 0.2) is 0 Å². The number of aryl methyl sites for hydroxylation is 2. The molecule has 2 aliphatic carbocycles. The van der Waals surface area contributed by atoms with E-state index in [-0.39, 0.29) is 34.6 Å². The highest BCUT2D eigenvalue weighted by molar-refractivity contribution is 6.03. The number of carbonyl (C=O) groups is 2. The van der Waals surface area contributed by atoms with Gasteiger partial charge in [-0.3, -0.25) is 4.79 Å². The second kappa shape index (κ2) is 21.5. The van der Waals surface area contributed by atoms with Gasteiger partial charge >= 0.3 is 30.7 Å². The summed E-state index contributed by atoms with van der Waals surface area (Å²) in [6.07, 6.45) is -11.4. The van der Waals surface area contributed by atoms with E-state index < -0.39 is 90.1 Å². The van der Waals surface area contributed by atoms with E-state index in [2.05, 4.69) is 5.32 Å². The van der Waals surface area contributed by atoms with Crippen molar-refractivity contribution in [2.24, 2.45) is 0 Å². The van der Waals surface area contributed by atoms with Crippen molar-refractivity contribution in [2.45, 2.75) is 88.7 Å². The molecule has 372 valence electrons. The molecule has 0 saturated heterocycles. The number of carbonyl (C=O) groups excluding carboxylic acids is 1. The van der Waals surface area contributed by atoms with Gasteiger partial charge in [-0.1, -0.05) is 36.4 Å². The van der Waals surface area contributed by atoms with Crippen molar-refractivity contribution in [2.75, 3.05) is 11.1 Å². The fraction of sp³-hybridized carbons (Fsp3) is 0.280. The van der Waals surface area contributed by atoms with E-state index >= 15 is 0 Å². The van der Waals surface area contributed by atoms with Crippen molar-refractivity contribution in [3.8, 4) is 0 Å². The van der Waals surface area contributed by atoms with Crippen LogP contribution in [0.4, 0.5) is 68.5 Å². The molecule has 2 atom stereocenters. The van der Waals surface area contributed by atoms with Gasteiger partial charge in [-0.25, -0.2) is 9.18 Å². The lowest BCUT2D eigenvalue weighted by molar-refractivity contribution is -0.144. The van der Waals surface area contributed by atoms with Crippen LogP contribution in [0.25, 0.3) is 12.2 Å². The summed E-state index contributed by atoms with van der Waals surface area (Å²) >= 11 is 0. The topological polar surface area (TPSA) is 111 Å². The first kappa shape index (κ1) is 52.7. The van der Waals surface area contributed by atoms with Crippen LogP contribution in [0, 0.1) is 5.82 Å². The number of nitrogens with one attached hydrogen (secondary N) is 1. The maximum absolute atomic E-state index is 13.2. The quantitative estimate of drug-likeness (QED) is 0.0691. The maximum Gasteiger partial charge on any atom is 0.416 e. The lowest BCUT2D eigenvalue weighted by Crippen LogP contribution is -2.15. The van der Waals surface area contributed by atoms with Crippen LogP contribution in [-0.2, 0) is 69.8 Å². The third kappa shape index (κ3) is 14.4. The van der Waals surface area contributed by atoms with Crippen molar-refractivity contribution in [3.63, 3.8) is 0 Å². The summed E-state index contributed by atoms with van der Waals surface area (Å²) in [6, 6.07) is 17.0. The van der Waals surface area contributed by atoms with Gasteiger partial charge in [0.2, 0.25) is 5.91 Å². The molecule has 5 aromatic rings. The van der Waals surface area contributed by atoms with E-state index in [1.165, 1.54) is 24.3 Å². The van der Waals surface area contributed by atoms with Crippen molar-refractivity contribution in [3.05, 3.63) is 176 Å². The number of ether oxygens (including phenoxy) is 2. The number of benzene rings is 5. The second-order valence-corrected chi connectivity index (χ2v) is 16.4. The Bertz CT molecular complexity index is 2700. The Morgan fingerprint density at radius 3 is 1.39 bits per heavy atom. The van der Waals surface area contributed by atoms with Crippen LogP contribution in [0.2, 0.25) is 0 Å². The SMILES string of the molecule is Nc1cc(F)ccc1NC(=O)/C=C/c1ccc2c(c1)CCCC2OCc1cc(C(F)(F)F)cc(C(F)(F)F)c1.O=C(O)/C=C/c1ccc2c(c1)CCCC2OCc1cc(C(F)(F)F)cc(C(F)(F)F)c1. The van der Waals surface area contributed by atoms with Crippen LogP contribution in [0.15, 0.2) is 103 Å². The molecule has 0 saturated carbocycles. The van der Waals surface area contributed by atoms with Gasteiger partial charge < -0.3 is 25.6 Å². The molecule has 0 spiro atoms. The number of fused-ring (bicyclic) bond motifs is 2. The average Bonchev–Trinajstić information content (AvgIpc) is 3.28. The molecule has 0 bridgehead atoms. The van der Waals surface area contributed by atoms with Gasteiger partial charge in [0.1, 0.15) is 5.82 Å². The molecule has 0 fully saturated rings. The van der Waals surface area contributed by atoms with Crippen molar-refractivity contribution >= 4 is 35.4 Å². The fourth-order valence-electron chi connectivity index (χ4n) is 7.89. The molecular weight excluding hydrogens is 956 g/mol. The standard InChI is InChI=1S/C28H23F7N2O2.C22H18F6O3/c29-21-6-8-24(23(36)14-21)37-26(38)9-5-16-4-7-22-18(10-16)2-1-3-25(22)39-15-17-11-19(27(30,31)32)13-20(12-17)28(33,34)35;23-21(24,25)16-9-14(10-17(11-16)22(26,27)28)12-31-19-3-1-2-15-8-13(4-6-18(15)19)5-7-20(29)30/h4-14,25H,1-3,15,36H2,(H,37,38);4-11,19H,1-3,12H2,(H,29,30)/b9-5+;7-5+. The molecule has 7 rings (SSSR count). The zero-order valence-corrected chi connectivity index (χ0v) is 36.4. The van der Waals surface area contributed by atoms with Gasteiger partial charge in [-0.2, -0.15) is 52.7 Å². The van der Waals surface area contributed by atoms with Crippen LogP contribution in [-0.4, -0.2) is 17.0 Å². The summed E-state index contributed by atoms with van der Waals surface area (Å²) in [5.41, 5.74) is 4.83. The number of carboxylic acids is 1. The maximum atomic E-state index is 13.2. The molecule has 2 unspecified atom stereocenters. The van der Waals surface area contributed by atoms with E-state index in [1.54, 1.807) is 36.4 Å². The van der Waals surface area contributed by atoms with Gasteiger partial charge in [0.05, 0.1) is 59.1 Å². The minimum atomic E-state index is -4.93. The van der Waals surface area contributed by atoms with Crippen molar-refractivity contribution < 1.29 is 81.2 Å². The first-order valence-corrected chi connectivity index (χ1v) is 21.2. The largest absolute Gasteiger partial charge is 0.478 e. The summed E-state index contributed by atoms with van der Waals surface area (Å²) in [4.78, 5) is 22.9. The Morgan fingerprint density at radius 1 is 0.586 bits per heavy atom. The lowest BCUT2D eigenvalue weighted by atomic mass is 9.88. The Hall–Kier alpha value is -6.67. The molecule has 4 N–H and O–H groups in total. The summed E-state index contributed by atoms with van der Waals surface area (Å²) in [5.74, 6) is -2.09. The van der Waals surface area contributed by atoms with Crippen LogP contribution in [0.3, 0.4) is 0 Å². The fourth-order valence-corrected chi connectivity index (χ4v) is 7.89. The molecule has 0 aliphatic heterocycles. The first-order chi connectivity index (χ1) is 32.7. The van der Waals surface area contributed by atoms with E-state index in [0.717, 1.165) is 40.8 Å². The molecule has 1 amide bonds. The highest BCUT2D eigenvalue weighted by Gasteiger charge is 2.38. The number of rotatable bonds is 11. The third-order valence-corrected chi connectivity index (χ3v) is 11.2. The van der Waals surface area contributed by atoms with Crippen molar-refractivity contribution in [1.82, 2.24) is 0 Å². The predicted octanol–water partition coefficient (Wildman–Crippen LogP) is 14.1. The monoisotopic (exact) mass is 996 g/mol. The second-order valence-electron chi connectivity index (χ2n) is 16.4. The Morgan fingerprint density at radius 2 is 1.00 bits per heavy atom. The van der Waals surface area contributed by atoms with Gasteiger partial charge in [0, 0.05) is 12.2 Å². The van der Waals surface area contributed by atoms with Crippen molar-refractivity contribution in [1.29, 1.82) is 0 Å². The highest BCUT2D eigenvalue weighted by Crippen LogP contribution is 2.40. The predicted molar refractivity (Wildman–Crippen MR) is 232 cm³/mol. The number of aliphatic carboxylic acids is 1. The summed E-state index contributed by atoms with van der Waals surface area (Å²) < 4.78 is 182. The number of hydrogen-bond donors (Lipinski definition) is 3. The number of anilines is 2. The molecule has 0 aromatic heterocycles. The molecule has 0 heterocycles.